The van der Waals surface area contributed by atoms with Gasteiger partial charge in [-0.1, -0.05) is 5.11 Å². The third kappa shape index (κ3) is 4.80. The highest BCUT2D eigenvalue weighted by Gasteiger charge is 2.05. The minimum Gasteiger partial charge on any atom is -0.351 e. The van der Waals surface area contributed by atoms with Crippen LogP contribution in [-0.2, 0) is 0 Å². The van der Waals surface area contributed by atoms with Gasteiger partial charge in [-0.05, 0) is 24.4 Å². The molecule has 1 aromatic heterocycles. The number of H-pyrrole nitrogens is 1. The van der Waals surface area contributed by atoms with Gasteiger partial charge in [-0.2, -0.15) is 5.10 Å². The van der Waals surface area contributed by atoms with Crippen molar-refractivity contribution in [2.75, 3.05) is 13.1 Å². The van der Waals surface area contributed by atoms with Gasteiger partial charge < -0.3 is 5.32 Å². The van der Waals surface area contributed by atoms with Crippen molar-refractivity contribution in [2.24, 2.45) is 5.11 Å². The van der Waals surface area contributed by atoms with Gasteiger partial charge in [0.2, 0.25) is 0 Å². The number of nitrogens with zero attached hydrogens (tertiary/aromatic N) is 4. The Bertz CT molecular complexity index is 456. The Morgan fingerprint density at radius 1 is 1.53 bits per heavy atom. The summed E-state index contributed by atoms with van der Waals surface area (Å²) in [6.07, 6.45) is 1.43. The predicted molar refractivity (Wildman–Crippen MR) is 60.4 cm³/mol. The van der Waals surface area contributed by atoms with Crippen molar-refractivity contribution >= 4 is 5.91 Å². The summed E-state index contributed by atoms with van der Waals surface area (Å²) in [5.41, 5.74) is 7.85. The molecule has 0 atom stereocenters. The highest BCUT2D eigenvalue weighted by Crippen LogP contribution is 1.91. The fourth-order valence-corrected chi connectivity index (χ4v) is 1.12. The largest absolute Gasteiger partial charge is 0.351 e. The number of hydrogen-bond acceptors (Lipinski definition) is 4. The van der Waals surface area contributed by atoms with Crippen LogP contribution in [0.5, 0.6) is 0 Å². The first-order valence-corrected chi connectivity index (χ1v) is 5.09. The first kappa shape index (κ1) is 12.7. The Morgan fingerprint density at radius 2 is 2.35 bits per heavy atom. The van der Waals surface area contributed by atoms with E-state index in [1.165, 1.54) is 12.1 Å². The molecule has 1 aromatic rings. The van der Waals surface area contributed by atoms with Gasteiger partial charge in [-0.25, -0.2) is 5.10 Å². The Hall–Kier alpha value is -2.34. The molecule has 0 saturated heterocycles. The number of rotatable bonds is 6. The number of azide groups is 1. The monoisotopic (exact) mass is 236 g/mol. The number of hydrogen-bond donors (Lipinski definition) is 2. The highest BCUT2D eigenvalue weighted by molar-refractivity contribution is 5.91. The Balaban J connectivity index is 2.28. The summed E-state index contributed by atoms with van der Waals surface area (Å²) in [6.45, 7) is 0.893. The molecule has 0 spiro atoms. The van der Waals surface area contributed by atoms with Gasteiger partial charge in [0.15, 0.2) is 0 Å². The summed E-state index contributed by atoms with van der Waals surface area (Å²) in [6, 6.07) is 2.59. The molecule has 8 heteroatoms. The molecule has 0 radical (unpaired) electrons. The van der Waals surface area contributed by atoms with Crippen molar-refractivity contribution in [3.63, 3.8) is 0 Å². The van der Waals surface area contributed by atoms with Crippen molar-refractivity contribution in [1.29, 1.82) is 0 Å². The van der Waals surface area contributed by atoms with E-state index >= 15 is 0 Å². The van der Waals surface area contributed by atoms with Crippen LogP contribution >= 0.6 is 0 Å². The van der Waals surface area contributed by atoms with Crippen LogP contribution in [0.4, 0.5) is 0 Å². The van der Waals surface area contributed by atoms with E-state index in [0.717, 1.165) is 0 Å². The second-order valence-corrected chi connectivity index (χ2v) is 3.22. The molecule has 0 fully saturated rings. The molecule has 17 heavy (non-hydrogen) atoms. The lowest BCUT2D eigenvalue weighted by Gasteiger charge is -2.02. The van der Waals surface area contributed by atoms with Gasteiger partial charge in [0.05, 0.1) is 0 Å². The van der Waals surface area contributed by atoms with Gasteiger partial charge in [0, 0.05) is 24.1 Å². The highest BCUT2D eigenvalue weighted by atomic mass is 16.2. The van der Waals surface area contributed by atoms with E-state index < -0.39 is 0 Å². The molecule has 0 aliphatic rings. The summed E-state index contributed by atoms with van der Waals surface area (Å²) in [5, 5.41) is 11.8. The lowest BCUT2D eigenvalue weighted by molar-refractivity contribution is 0.0947. The zero-order valence-electron chi connectivity index (χ0n) is 9.09. The lowest BCUT2D eigenvalue weighted by atomic mass is 10.3. The number of aromatic nitrogens is 2. The number of aromatic amines is 1. The predicted octanol–water partition coefficient (Wildman–Crippen LogP) is 0.590. The van der Waals surface area contributed by atoms with Crippen molar-refractivity contribution in [3.05, 3.63) is 38.6 Å². The summed E-state index contributed by atoms with van der Waals surface area (Å²) >= 11 is 0. The zero-order valence-corrected chi connectivity index (χ0v) is 9.09. The SMILES string of the molecule is [N-]=[N+]=NCCCCNC(=O)c1ccc(=O)[nH]n1. The van der Waals surface area contributed by atoms with Gasteiger partial charge in [-0.15, -0.1) is 0 Å². The summed E-state index contributed by atoms with van der Waals surface area (Å²) < 4.78 is 0. The fraction of sp³-hybridized carbons (Fsp3) is 0.444. The smallest absolute Gasteiger partial charge is 0.271 e. The molecule has 0 unspecified atom stereocenters. The van der Waals surface area contributed by atoms with E-state index in [9.17, 15) is 9.59 Å². The minimum atomic E-state index is -0.351. The van der Waals surface area contributed by atoms with Crippen molar-refractivity contribution < 1.29 is 4.79 Å². The molecule has 0 saturated carbocycles. The van der Waals surface area contributed by atoms with Gasteiger partial charge in [0.25, 0.3) is 11.5 Å². The van der Waals surface area contributed by atoms with Crippen LogP contribution in [-0.4, -0.2) is 29.2 Å². The quantitative estimate of drug-likeness (QED) is 0.325. The standard InChI is InChI=1S/C9H12N6O2/c10-15-12-6-2-1-5-11-9(17)7-3-4-8(16)14-13-7/h3-4H,1-2,5-6H2,(H,11,17)(H,14,16). The Labute approximate surface area is 96.7 Å². The molecule has 1 rings (SSSR count). The second-order valence-electron chi connectivity index (χ2n) is 3.22. The van der Waals surface area contributed by atoms with Gasteiger partial charge in [0.1, 0.15) is 5.69 Å². The lowest BCUT2D eigenvalue weighted by Crippen LogP contribution is -2.26. The first-order valence-electron chi connectivity index (χ1n) is 5.09. The Morgan fingerprint density at radius 3 is 3.00 bits per heavy atom. The molecular formula is C9H12N6O2. The summed E-state index contributed by atoms with van der Waals surface area (Å²) in [4.78, 5) is 24.8. The number of carbonyl (C=O) groups is 1. The second kappa shape index (κ2) is 7.02. The average Bonchev–Trinajstić information content (AvgIpc) is 2.34. The molecule has 2 N–H and O–H groups in total. The van der Waals surface area contributed by atoms with E-state index in [2.05, 4.69) is 25.5 Å². The van der Waals surface area contributed by atoms with E-state index in [4.69, 9.17) is 5.53 Å². The van der Waals surface area contributed by atoms with Crippen LogP contribution < -0.4 is 10.9 Å². The number of unbranched alkanes of at least 4 members (excludes halogenated alkanes) is 1. The average molecular weight is 236 g/mol. The summed E-state index contributed by atoms with van der Waals surface area (Å²) in [7, 11) is 0. The molecule has 0 aliphatic carbocycles. The van der Waals surface area contributed by atoms with E-state index in [0.29, 0.717) is 25.9 Å². The van der Waals surface area contributed by atoms with Gasteiger partial charge in [-0.3, -0.25) is 9.59 Å². The maximum Gasteiger partial charge on any atom is 0.271 e. The van der Waals surface area contributed by atoms with Gasteiger partial charge >= 0.3 is 0 Å². The van der Waals surface area contributed by atoms with E-state index in [-0.39, 0.29) is 17.2 Å². The third-order valence-corrected chi connectivity index (χ3v) is 1.95. The Kier molecular flexibility index (Phi) is 5.26. The maximum absolute atomic E-state index is 11.5. The zero-order chi connectivity index (χ0) is 12.5. The molecular weight excluding hydrogens is 224 g/mol. The molecule has 0 aliphatic heterocycles. The number of carbonyl (C=O) groups excluding carboxylic acids is 1. The van der Waals surface area contributed by atoms with Crippen molar-refractivity contribution in [2.45, 2.75) is 12.8 Å². The molecule has 8 nitrogen and oxygen atoms in total. The van der Waals surface area contributed by atoms with Crippen LogP contribution in [0.2, 0.25) is 0 Å². The molecule has 1 amide bonds. The van der Waals surface area contributed by atoms with Crippen LogP contribution in [0.1, 0.15) is 23.3 Å². The molecule has 90 valence electrons. The molecule has 0 bridgehead atoms. The van der Waals surface area contributed by atoms with E-state index in [1.54, 1.807) is 0 Å². The fourth-order valence-electron chi connectivity index (χ4n) is 1.12. The molecule has 1 heterocycles. The van der Waals surface area contributed by atoms with E-state index in [1.807, 2.05) is 0 Å². The van der Waals surface area contributed by atoms with Crippen molar-refractivity contribution in [3.8, 4) is 0 Å². The summed E-state index contributed by atoms with van der Waals surface area (Å²) in [5.74, 6) is -0.343. The van der Waals surface area contributed by atoms with Crippen LogP contribution in [0.25, 0.3) is 10.4 Å². The topological polar surface area (TPSA) is 124 Å². The third-order valence-electron chi connectivity index (χ3n) is 1.95. The number of amides is 1. The maximum atomic E-state index is 11.5. The van der Waals surface area contributed by atoms with Crippen LogP contribution in [0.15, 0.2) is 22.0 Å². The minimum absolute atomic E-state index is 0.166. The molecule has 0 aromatic carbocycles. The number of nitrogens with one attached hydrogen (secondary N) is 2. The van der Waals surface area contributed by atoms with Crippen molar-refractivity contribution in [1.82, 2.24) is 15.5 Å². The van der Waals surface area contributed by atoms with Crippen LogP contribution in [0.3, 0.4) is 0 Å². The van der Waals surface area contributed by atoms with Crippen LogP contribution in [0, 0.1) is 0 Å². The normalized spacial score (nSPS) is 9.41. The first-order chi connectivity index (χ1) is 8.24.